The van der Waals surface area contributed by atoms with Gasteiger partial charge in [-0.3, -0.25) is 10.1 Å². The number of thiocarbonyl (C=S) groups is 1. The number of amides is 1. The molecule has 5 rings (SSSR count). The molecule has 0 unspecified atom stereocenters. The number of nitrogens with zero attached hydrogens (tertiary/aromatic N) is 1. The summed E-state index contributed by atoms with van der Waals surface area (Å²) in [7, 11) is 0. The van der Waals surface area contributed by atoms with E-state index in [0.717, 1.165) is 11.1 Å². The summed E-state index contributed by atoms with van der Waals surface area (Å²) >= 11 is 23.7. The summed E-state index contributed by atoms with van der Waals surface area (Å²) in [5.74, 6) is 1.02. The minimum absolute atomic E-state index is 0.0694. The van der Waals surface area contributed by atoms with Crippen LogP contribution < -0.4 is 10.6 Å². The van der Waals surface area contributed by atoms with Gasteiger partial charge in [0.05, 0.1) is 10.7 Å². The number of oxazole rings is 1. The van der Waals surface area contributed by atoms with E-state index in [2.05, 4.69) is 15.6 Å². The molecular weight excluding hydrogens is 553 g/mol. The van der Waals surface area contributed by atoms with Gasteiger partial charge in [-0.05, 0) is 79.0 Å². The lowest BCUT2D eigenvalue weighted by Gasteiger charge is -2.10. The Hall–Kier alpha value is -3.62. The summed E-state index contributed by atoms with van der Waals surface area (Å²) in [5, 5.41) is 6.99. The first-order chi connectivity index (χ1) is 17.8. The van der Waals surface area contributed by atoms with Gasteiger partial charge in [0.15, 0.2) is 10.7 Å². The summed E-state index contributed by atoms with van der Waals surface area (Å²) in [6.45, 7) is 0. The summed E-state index contributed by atoms with van der Waals surface area (Å²) in [4.78, 5) is 16.9. The summed E-state index contributed by atoms with van der Waals surface area (Å²) < 4.78 is 11.6. The minimum Gasteiger partial charge on any atom is -0.457 e. The molecule has 37 heavy (non-hydrogen) atoms. The minimum atomic E-state index is -0.451. The molecule has 5 aromatic rings. The number of rotatable bonds is 5. The second-order valence-corrected chi connectivity index (χ2v) is 9.51. The van der Waals surface area contributed by atoms with Crippen LogP contribution in [0.5, 0.6) is 0 Å². The number of hydrogen-bond donors (Lipinski definition) is 2. The van der Waals surface area contributed by atoms with Crippen LogP contribution in [-0.4, -0.2) is 16.0 Å². The van der Waals surface area contributed by atoms with Gasteiger partial charge in [0, 0.05) is 27.2 Å². The molecule has 10 heteroatoms. The number of carbonyl (C=O) groups is 1. The van der Waals surface area contributed by atoms with Crippen LogP contribution in [0.15, 0.2) is 87.7 Å². The highest BCUT2D eigenvalue weighted by Crippen LogP contribution is 2.31. The molecule has 6 nitrogen and oxygen atoms in total. The van der Waals surface area contributed by atoms with Gasteiger partial charge >= 0.3 is 0 Å². The number of furan rings is 1. The van der Waals surface area contributed by atoms with Crippen molar-refractivity contribution in [3.8, 4) is 22.8 Å². The van der Waals surface area contributed by atoms with Gasteiger partial charge in [0.1, 0.15) is 17.0 Å². The highest BCUT2D eigenvalue weighted by atomic mass is 35.5. The van der Waals surface area contributed by atoms with Crippen molar-refractivity contribution in [2.75, 3.05) is 5.32 Å². The van der Waals surface area contributed by atoms with Gasteiger partial charge in [-0.2, -0.15) is 0 Å². The fourth-order valence-electron chi connectivity index (χ4n) is 3.51. The number of carbonyl (C=O) groups excluding carboxylic acids is 1. The molecule has 0 saturated heterocycles. The summed E-state index contributed by atoms with van der Waals surface area (Å²) in [6, 6.07) is 21.3. The first kappa shape index (κ1) is 25.0. The Kier molecular flexibility index (Phi) is 7.30. The molecule has 184 valence electrons. The molecule has 0 spiro atoms. The van der Waals surface area contributed by atoms with Crippen molar-refractivity contribution in [1.29, 1.82) is 0 Å². The predicted molar refractivity (Wildman–Crippen MR) is 152 cm³/mol. The Morgan fingerprint density at radius 3 is 2.46 bits per heavy atom. The summed E-state index contributed by atoms with van der Waals surface area (Å²) in [6.07, 6.45) is 2.83. The van der Waals surface area contributed by atoms with Crippen molar-refractivity contribution < 1.29 is 13.6 Å². The van der Waals surface area contributed by atoms with Gasteiger partial charge in [-0.25, -0.2) is 4.98 Å². The molecule has 0 aliphatic carbocycles. The van der Waals surface area contributed by atoms with E-state index >= 15 is 0 Å². The number of nitrogens with one attached hydrogen (secondary N) is 2. The molecule has 3 aromatic carbocycles. The number of para-hydroxylation sites is 2. The first-order valence-corrected chi connectivity index (χ1v) is 12.4. The number of hydrogen-bond acceptors (Lipinski definition) is 5. The van der Waals surface area contributed by atoms with Gasteiger partial charge in [-0.15, -0.1) is 0 Å². The lowest BCUT2D eigenvalue weighted by Crippen LogP contribution is -2.32. The fraction of sp³-hybridized carbons (Fsp3) is 0. The first-order valence-electron chi connectivity index (χ1n) is 10.9. The number of benzene rings is 3. The third-order valence-corrected chi connectivity index (χ3v) is 6.14. The molecule has 0 saturated carbocycles. The molecule has 0 radical (unpaired) electrons. The third-order valence-electron chi connectivity index (χ3n) is 5.16. The largest absolute Gasteiger partial charge is 0.457 e. The zero-order valence-electron chi connectivity index (χ0n) is 18.8. The van der Waals surface area contributed by atoms with Crippen LogP contribution in [0, 0.1) is 0 Å². The van der Waals surface area contributed by atoms with E-state index < -0.39 is 5.91 Å². The van der Waals surface area contributed by atoms with Crippen molar-refractivity contribution in [2.45, 2.75) is 0 Å². The van der Waals surface area contributed by atoms with E-state index in [1.807, 2.05) is 24.3 Å². The Morgan fingerprint density at radius 1 is 0.892 bits per heavy atom. The second kappa shape index (κ2) is 10.8. The average molecular weight is 569 g/mol. The molecule has 1 amide bonds. The molecule has 2 heterocycles. The van der Waals surface area contributed by atoms with Crippen LogP contribution in [-0.2, 0) is 4.79 Å². The number of halogens is 3. The van der Waals surface area contributed by atoms with Crippen LogP contribution >= 0.6 is 47.0 Å². The van der Waals surface area contributed by atoms with Crippen LogP contribution in [0.2, 0.25) is 15.1 Å². The van der Waals surface area contributed by atoms with E-state index in [-0.39, 0.29) is 5.11 Å². The number of fused-ring (bicyclic) bond motifs is 1. The Bertz CT molecular complexity index is 1620. The molecule has 0 atom stereocenters. The van der Waals surface area contributed by atoms with Crippen molar-refractivity contribution >= 4 is 80.9 Å². The number of aromatic nitrogens is 1. The van der Waals surface area contributed by atoms with Gasteiger partial charge in [0.2, 0.25) is 11.8 Å². The highest BCUT2D eigenvalue weighted by Gasteiger charge is 2.12. The maximum absolute atomic E-state index is 12.4. The standard InChI is InChI=1S/C27H16Cl3N3O3S/c28-17-11-16(12-18(29)14-17)23-9-6-19(35-23)7-10-25(34)33-27(37)32-22-13-15(5-8-20(22)30)26-31-21-3-1-2-4-24(21)36-26/h1-14H,(H2,32,33,34,37)/b10-7+. The van der Waals surface area contributed by atoms with Crippen molar-refractivity contribution in [3.05, 3.63) is 99.7 Å². The van der Waals surface area contributed by atoms with Crippen molar-refractivity contribution in [2.24, 2.45) is 0 Å². The fourth-order valence-corrected chi connectivity index (χ4v) is 4.41. The Morgan fingerprint density at radius 2 is 1.68 bits per heavy atom. The van der Waals surface area contributed by atoms with Gasteiger partial charge in [0.25, 0.3) is 0 Å². The van der Waals surface area contributed by atoms with Gasteiger partial charge < -0.3 is 14.2 Å². The van der Waals surface area contributed by atoms with Crippen LogP contribution in [0.25, 0.3) is 40.0 Å². The quantitative estimate of drug-likeness (QED) is 0.164. The lowest BCUT2D eigenvalue weighted by atomic mass is 10.2. The van der Waals surface area contributed by atoms with Crippen molar-refractivity contribution in [3.63, 3.8) is 0 Å². The zero-order chi connectivity index (χ0) is 25.9. The molecule has 2 aromatic heterocycles. The van der Waals surface area contributed by atoms with Crippen LogP contribution in [0.4, 0.5) is 5.69 Å². The average Bonchev–Trinajstić information content (AvgIpc) is 3.51. The summed E-state index contributed by atoms with van der Waals surface area (Å²) in [5.41, 5.74) is 3.34. The topological polar surface area (TPSA) is 80.3 Å². The monoisotopic (exact) mass is 567 g/mol. The highest BCUT2D eigenvalue weighted by molar-refractivity contribution is 7.80. The van der Waals surface area contributed by atoms with E-state index in [1.54, 1.807) is 48.5 Å². The second-order valence-electron chi connectivity index (χ2n) is 7.82. The van der Waals surface area contributed by atoms with E-state index in [0.29, 0.717) is 49.3 Å². The normalized spacial score (nSPS) is 11.2. The van der Waals surface area contributed by atoms with Crippen LogP contribution in [0.3, 0.4) is 0 Å². The Labute approximate surface area is 231 Å². The molecule has 0 aliphatic rings. The van der Waals surface area contributed by atoms with E-state index in [4.69, 9.17) is 55.9 Å². The van der Waals surface area contributed by atoms with Crippen LogP contribution in [0.1, 0.15) is 5.76 Å². The molecule has 2 N–H and O–H groups in total. The smallest absolute Gasteiger partial charge is 0.250 e. The predicted octanol–water partition coefficient (Wildman–Crippen LogP) is 8.24. The molecule has 0 fully saturated rings. The SMILES string of the molecule is O=C(/C=C/c1ccc(-c2cc(Cl)cc(Cl)c2)o1)NC(=S)Nc1cc(-c2nc3ccccc3o2)ccc1Cl. The zero-order valence-corrected chi connectivity index (χ0v) is 21.9. The molecule has 0 bridgehead atoms. The third kappa shape index (κ3) is 6.03. The number of anilines is 1. The van der Waals surface area contributed by atoms with E-state index in [9.17, 15) is 4.79 Å². The maximum atomic E-state index is 12.4. The lowest BCUT2D eigenvalue weighted by molar-refractivity contribution is -0.115. The maximum Gasteiger partial charge on any atom is 0.250 e. The van der Waals surface area contributed by atoms with Gasteiger partial charge in [-0.1, -0.05) is 46.9 Å². The molecular formula is C27H16Cl3N3O3S. The molecule has 0 aliphatic heterocycles. The van der Waals surface area contributed by atoms with Crippen molar-refractivity contribution in [1.82, 2.24) is 10.3 Å². The Balaban J connectivity index is 1.23. The van der Waals surface area contributed by atoms with E-state index in [1.165, 1.54) is 12.2 Å².